The van der Waals surface area contributed by atoms with Gasteiger partial charge in [-0.15, -0.1) is 0 Å². The molecular formula is C17H24Cl2O. The molecular weight excluding hydrogens is 291 g/mol. The smallest absolute Gasteiger partial charge is 0.0689 e. The summed E-state index contributed by atoms with van der Waals surface area (Å²) in [6, 6.07) is 5.55. The van der Waals surface area contributed by atoms with Crippen LogP contribution in [-0.2, 0) is 6.42 Å². The molecule has 1 nitrogen and oxygen atoms in total. The maximum Gasteiger partial charge on any atom is 0.0689 e. The maximum absolute atomic E-state index is 10.9. The van der Waals surface area contributed by atoms with Crippen LogP contribution in [0.25, 0.3) is 0 Å². The van der Waals surface area contributed by atoms with Crippen LogP contribution in [0.5, 0.6) is 0 Å². The van der Waals surface area contributed by atoms with Crippen LogP contribution in [0, 0.1) is 5.92 Å². The van der Waals surface area contributed by atoms with Crippen LogP contribution in [0.4, 0.5) is 0 Å². The van der Waals surface area contributed by atoms with E-state index < -0.39 is 5.60 Å². The lowest BCUT2D eigenvalue weighted by Crippen LogP contribution is -2.31. The van der Waals surface area contributed by atoms with Gasteiger partial charge in [-0.1, -0.05) is 61.9 Å². The molecule has 1 aliphatic rings. The van der Waals surface area contributed by atoms with Crippen molar-refractivity contribution in [1.82, 2.24) is 0 Å². The number of hydrogen-bond acceptors (Lipinski definition) is 1. The number of hydrogen-bond donors (Lipinski definition) is 1. The van der Waals surface area contributed by atoms with E-state index in [2.05, 4.69) is 6.92 Å². The number of aliphatic hydroxyl groups is 1. The van der Waals surface area contributed by atoms with Gasteiger partial charge in [-0.05, 0) is 42.9 Å². The Bertz CT molecular complexity index is 426. The van der Waals surface area contributed by atoms with Gasteiger partial charge in [0.05, 0.1) is 5.60 Å². The van der Waals surface area contributed by atoms with Crippen molar-refractivity contribution in [3.63, 3.8) is 0 Å². The molecule has 1 N–H and O–H groups in total. The third-order valence-corrected chi connectivity index (χ3v) is 5.25. The molecule has 1 aliphatic carbocycles. The highest BCUT2D eigenvalue weighted by molar-refractivity contribution is 6.36. The number of benzene rings is 1. The Hall–Kier alpha value is -0.240. The highest BCUT2D eigenvalue weighted by atomic mass is 35.5. The van der Waals surface area contributed by atoms with Crippen LogP contribution < -0.4 is 0 Å². The van der Waals surface area contributed by atoms with E-state index >= 15 is 0 Å². The van der Waals surface area contributed by atoms with E-state index in [0.29, 0.717) is 16.5 Å². The van der Waals surface area contributed by atoms with Gasteiger partial charge in [0.2, 0.25) is 0 Å². The molecule has 0 bridgehead atoms. The van der Waals surface area contributed by atoms with Gasteiger partial charge in [-0.2, -0.15) is 0 Å². The van der Waals surface area contributed by atoms with Crippen LogP contribution in [0.15, 0.2) is 18.2 Å². The van der Waals surface area contributed by atoms with E-state index in [0.717, 1.165) is 37.2 Å². The van der Waals surface area contributed by atoms with Gasteiger partial charge < -0.3 is 5.11 Å². The molecule has 0 spiro atoms. The SMILES string of the molecule is CCCC1CCCC(O)(Cc2c(Cl)cccc2Cl)CC1. The second-order valence-corrected chi connectivity index (χ2v) is 7.00. The third-order valence-electron chi connectivity index (χ3n) is 4.54. The first kappa shape index (κ1) is 16.1. The highest BCUT2D eigenvalue weighted by Gasteiger charge is 2.32. The van der Waals surface area contributed by atoms with E-state index in [1.165, 1.54) is 19.3 Å². The summed E-state index contributed by atoms with van der Waals surface area (Å²) in [5.74, 6) is 0.774. The first-order valence-electron chi connectivity index (χ1n) is 7.69. The van der Waals surface area contributed by atoms with E-state index in [-0.39, 0.29) is 0 Å². The van der Waals surface area contributed by atoms with Crippen molar-refractivity contribution < 1.29 is 5.11 Å². The molecule has 2 atom stereocenters. The van der Waals surface area contributed by atoms with Crippen molar-refractivity contribution in [3.05, 3.63) is 33.8 Å². The Kier molecular flexibility index (Phi) is 5.77. The molecule has 0 amide bonds. The fraction of sp³-hybridized carbons (Fsp3) is 0.647. The fourth-order valence-electron chi connectivity index (χ4n) is 3.37. The average molecular weight is 315 g/mol. The molecule has 112 valence electrons. The second kappa shape index (κ2) is 7.15. The third kappa shape index (κ3) is 4.13. The predicted molar refractivity (Wildman–Crippen MR) is 86.6 cm³/mol. The van der Waals surface area contributed by atoms with Crippen LogP contribution in [-0.4, -0.2) is 10.7 Å². The van der Waals surface area contributed by atoms with Gasteiger partial charge in [0.25, 0.3) is 0 Å². The fourth-order valence-corrected chi connectivity index (χ4v) is 3.90. The number of halogens is 2. The molecule has 1 fully saturated rings. The summed E-state index contributed by atoms with van der Waals surface area (Å²) in [6.45, 7) is 2.24. The zero-order valence-electron chi connectivity index (χ0n) is 12.2. The minimum atomic E-state index is -0.642. The van der Waals surface area contributed by atoms with Gasteiger partial charge in [0, 0.05) is 16.5 Å². The van der Waals surface area contributed by atoms with Crippen LogP contribution >= 0.6 is 23.2 Å². The maximum atomic E-state index is 10.9. The van der Waals surface area contributed by atoms with Crippen molar-refractivity contribution in [2.75, 3.05) is 0 Å². The van der Waals surface area contributed by atoms with Crippen molar-refractivity contribution in [2.45, 2.75) is 63.9 Å². The molecule has 1 aromatic carbocycles. The van der Waals surface area contributed by atoms with Crippen molar-refractivity contribution >= 4 is 23.2 Å². The molecule has 20 heavy (non-hydrogen) atoms. The summed E-state index contributed by atoms with van der Waals surface area (Å²) in [5, 5.41) is 12.3. The van der Waals surface area contributed by atoms with Gasteiger partial charge >= 0.3 is 0 Å². The topological polar surface area (TPSA) is 20.2 Å². The Balaban J connectivity index is 2.07. The predicted octanol–water partition coefficient (Wildman–Crippen LogP) is 5.65. The monoisotopic (exact) mass is 314 g/mol. The summed E-state index contributed by atoms with van der Waals surface area (Å²) < 4.78 is 0. The van der Waals surface area contributed by atoms with Crippen LogP contribution in [0.1, 0.15) is 57.4 Å². The molecule has 0 radical (unpaired) electrons. The standard InChI is InChI=1S/C17H24Cl2O/c1-2-5-13-6-4-10-17(20,11-9-13)12-14-15(18)7-3-8-16(14)19/h3,7-8,13,20H,2,4-6,9-12H2,1H3. The molecule has 2 rings (SSSR count). The minimum absolute atomic E-state index is 0.574. The van der Waals surface area contributed by atoms with E-state index in [1.807, 2.05) is 18.2 Å². The van der Waals surface area contributed by atoms with Gasteiger partial charge in [0.15, 0.2) is 0 Å². The summed E-state index contributed by atoms with van der Waals surface area (Å²) in [5.41, 5.74) is 0.254. The summed E-state index contributed by atoms with van der Waals surface area (Å²) in [4.78, 5) is 0. The Morgan fingerprint density at radius 2 is 1.90 bits per heavy atom. The zero-order chi connectivity index (χ0) is 14.6. The van der Waals surface area contributed by atoms with Crippen molar-refractivity contribution in [3.8, 4) is 0 Å². The van der Waals surface area contributed by atoms with Crippen molar-refractivity contribution in [1.29, 1.82) is 0 Å². The molecule has 0 heterocycles. The number of rotatable bonds is 4. The van der Waals surface area contributed by atoms with E-state index in [4.69, 9.17) is 23.2 Å². The Labute approximate surface area is 132 Å². The van der Waals surface area contributed by atoms with E-state index in [1.54, 1.807) is 0 Å². The summed E-state index contributed by atoms with van der Waals surface area (Å²) >= 11 is 12.5. The van der Waals surface area contributed by atoms with E-state index in [9.17, 15) is 5.11 Å². The first-order valence-corrected chi connectivity index (χ1v) is 8.45. The van der Waals surface area contributed by atoms with Crippen LogP contribution in [0.3, 0.4) is 0 Å². The van der Waals surface area contributed by atoms with Crippen molar-refractivity contribution in [2.24, 2.45) is 5.92 Å². The van der Waals surface area contributed by atoms with Gasteiger partial charge in [-0.3, -0.25) is 0 Å². The normalized spacial score (nSPS) is 27.3. The Morgan fingerprint density at radius 1 is 1.20 bits per heavy atom. The lowest BCUT2D eigenvalue weighted by atomic mass is 9.86. The highest BCUT2D eigenvalue weighted by Crippen LogP contribution is 2.37. The largest absolute Gasteiger partial charge is 0.390 e. The average Bonchev–Trinajstić information content (AvgIpc) is 2.58. The summed E-state index contributed by atoms with van der Waals surface area (Å²) in [6.07, 6.45) is 8.27. The van der Waals surface area contributed by atoms with Gasteiger partial charge in [-0.25, -0.2) is 0 Å². The molecule has 0 aromatic heterocycles. The molecule has 1 saturated carbocycles. The second-order valence-electron chi connectivity index (χ2n) is 6.19. The lowest BCUT2D eigenvalue weighted by molar-refractivity contribution is 0.0241. The quantitative estimate of drug-likeness (QED) is 0.712. The zero-order valence-corrected chi connectivity index (χ0v) is 13.7. The molecule has 1 aromatic rings. The Morgan fingerprint density at radius 3 is 2.55 bits per heavy atom. The minimum Gasteiger partial charge on any atom is -0.390 e. The van der Waals surface area contributed by atoms with Gasteiger partial charge in [0.1, 0.15) is 0 Å². The molecule has 0 aliphatic heterocycles. The lowest BCUT2D eigenvalue weighted by Gasteiger charge is -2.28. The molecule has 0 saturated heterocycles. The molecule has 3 heteroatoms. The van der Waals surface area contributed by atoms with Crippen LogP contribution in [0.2, 0.25) is 10.0 Å². The summed E-state index contributed by atoms with van der Waals surface area (Å²) in [7, 11) is 0. The first-order chi connectivity index (χ1) is 9.54. The molecule has 2 unspecified atom stereocenters.